The van der Waals surface area contributed by atoms with E-state index in [1.807, 2.05) is 38.1 Å². The predicted molar refractivity (Wildman–Crippen MR) is 92.4 cm³/mol. The van der Waals surface area contributed by atoms with Gasteiger partial charge in [0.15, 0.2) is 0 Å². The van der Waals surface area contributed by atoms with Crippen LogP contribution < -0.4 is 9.62 Å². The van der Waals surface area contributed by atoms with E-state index < -0.39 is 10.0 Å². The van der Waals surface area contributed by atoms with E-state index in [0.717, 1.165) is 17.0 Å². The molecule has 2 N–H and O–H groups in total. The first kappa shape index (κ1) is 15.4. The molecule has 0 aliphatic carbocycles. The summed E-state index contributed by atoms with van der Waals surface area (Å²) >= 11 is 0. The average Bonchev–Trinajstić information content (AvgIpc) is 2.86. The van der Waals surface area contributed by atoms with Crippen LogP contribution in [0.1, 0.15) is 5.82 Å². The van der Waals surface area contributed by atoms with Crippen LogP contribution in [-0.2, 0) is 10.0 Å². The number of H-pyrrole nitrogens is 1. The molecule has 0 unspecified atom stereocenters. The van der Waals surface area contributed by atoms with Crippen LogP contribution in [0.2, 0.25) is 0 Å². The highest BCUT2D eigenvalue weighted by molar-refractivity contribution is 7.92. The van der Waals surface area contributed by atoms with Crippen molar-refractivity contribution in [1.82, 2.24) is 9.97 Å². The molecule has 0 amide bonds. The molecule has 0 aliphatic rings. The van der Waals surface area contributed by atoms with E-state index >= 15 is 0 Å². The third kappa shape index (κ3) is 3.14. The van der Waals surface area contributed by atoms with Crippen LogP contribution >= 0.6 is 0 Å². The second kappa shape index (κ2) is 5.58. The number of sulfonamides is 1. The molecule has 6 nitrogen and oxygen atoms in total. The van der Waals surface area contributed by atoms with Gasteiger partial charge in [0.05, 0.1) is 15.9 Å². The van der Waals surface area contributed by atoms with Crippen molar-refractivity contribution in [2.45, 2.75) is 11.8 Å². The first-order valence-corrected chi connectivity index (χ1v) is 8.60. The van der Waals surface area contributed by atoms with Crippen LogP contribution in [-0.4, -0.2) is 32.5 Å². The number of fused-ring (bicyclic) bond motifs is 1. The monoisotopic (exact) mass is 330 g/mol. The van der Waals surface area contributed by atoms with Gasteiger partial charge in [-0.2, -0.15) is 0 Å². The van der Waals surface area contributed by atoms with Crippen LogP contribution in [0.5, 0.6) is 0 Å². The maximum atomic E-state index is 12.5. The largest absolute Gasteiger partial charge is 0.378 e. The highest BCUT2D eigenvalue weighted by Crippen LogP contribution is 2.22. The molecule has 1 aromatic heterocycles. The topological polar surface area (TPSA) is 78.1 Å². The summed E-state index contributed by atoms with van der Waals surface area (Å²) in [5, 5.41) is 0. The molecule has 7 heteroatoms. The quantitative estimate of drug-likeness (QED) is 0.771. The van der Waals surface area contributed by atoms with E-state index in [1.54, 1.807) is 30.3 Å². The molecule has 0 saturated heterocycles. The molecule has 0 aliphatic heterocycles. The molecule has 1 heterocycles. The maximum Gasteiger partial charge on any atom is 0.261 e. The summed E-state index contributed by atoms with van der Waals surface area (Å²) < 4.78 is 27.6. The summed E-state index contributed by atoms with van der Waals surface area (Å²) in [7, 11) is 0.223. The minimum atomic E-state index is -3.64. The lowest BCUT2D eigenvalue weighted by Crippen LogP contribution is -2.13. The number of benzene rings is 2. The molecule has 3 rings (SSSR count). The van der Waals surface area contributed by atoms with Gasteiger partial charge in [-0.15, -0.1) is 0 Å². The first-order valence-electron chi connectivity index (χ1n) is 7.12. The van der Waals surface area contributed by atoms with Crippen LogP contribution in [0.4, 0.5) is 11.4 Å². The number of aromatic nitrogens is 2. The fraction of sp³-hybridized carbons (Fsp3) is 0.188. The third-order valence-electron chi connectivity index (χ3n) is 3.52. The number of aryl methyl sites for hydroxylation is 1. The van der Waals surface area contributed by atoms with Crippen molar-refractivity contribution in [1.29, 1.82) is 0 Å². The van der Waals surface area contributed by atoms with Gasteiger partial charge in [0, 0.05) is 25.5 Å². The van der Waals surface area contributed by atoms with Gasteiger partial charge in [-0.1, -0.05) is 0 Å². The first-order chi connectivity index (χ1) is 10.8. The molecule has 0 bridgehead atoms. The van der Waals surface area contributed by atoms with Crippen LogP contribution in [0.3, 0.4) is 0 Å². The highest BCUT2D eigenvalue weighted by atomic mass is 32.2. The predicted octanol–water partition coefficient (Wildman–Crippen LogP) is 2.74. The standard InChI is InChI=1S/C16H18N4O2S/c1-11-17-15-9-8-14(10-16(15)18-11)23(21,22)19-12-4-6-13(7-5-12)20(2)3/h4-10,19H,1-3H3,(H,17,18). The fourth-order valence-corrected chi connectivity index (χ4v) is 3.41. The van der Waals surface area contributed by atoms with Gasteiger partial charge in [-0.25, -0.2) is 13.4 Å². The van der Waals surface area contributed by atoms with Crippen molar-refractivity contribution in [3.8, 4) is 0 Å². The Balaban J connectivity index is 1.90. The second-order valence-corrected chi connectivity index (χ2v) is 7.23. The van der Waals surface area contributed by atoms with Crippen molar-refractivity contribution in [3.05, 3.63) is 48.3 Å². The number of nitrogens with zero attached hydrogens (tertiary/aromatic N) is 2. The van der Waals surface area contributed by atoms with Gasteiger partial charge < -0.3 is 9.88 Å². The lowest BCUT2D eigenvalue weighted by Gasteiger charge is -2.13. The van der Waals surface area contributed by atoms with Crippen LogP contribution in [0.25, 0.3) is 11.0 Å². The van der Waals surface area contributed by atoms with Crippen LogP contribution in [0.15, 0.2) is 47.4 Å². The van der Waals surface area contributed by atoms with Crippen molar-refractivity contribution in [2.24, 2.45) is 0 Å². The Kier molecular flexibility index (Phi) is 3.73. The average molecular weight is 330 g/mol. The zero-order chi connectivity index (χ0) is 16.6. The van der Waals surface area contributed by atoms with E-state index in [-0.39, 0.29) is 4.90 Å². The number of anilines is 2. The fourth-order valence-electron chi connectivity index (χ4n) is 2.33. The summed E-state index contributed by atoms with van der Waals surface area (Å²) in [5.41, 5.74) is 2.98. The molecule has 23 heavy (non-hydrogen) atoms. The molecular formula is C16H18N4O2S. The molecule has 0 atom stereocenters. The molecule has 0 saturated carbocycles. The van der Waals surface area contributed by atoms with E-state index in [2.05, 4.69) is 14.7 Å². The zero-order valence-corrected chi connectivity index (χ0v) is 14.0. The number of hydrogen-bond donors (Lipinski definition) is 2. The highest BCUT2D eigenvalue weighted by Gasteiger charge is 2.15. The van der Waals surface area contributed by atoms with Crippen LogP contribution in [0, 0.1) is 6.92 Å². The van der Waals surface area contributed by atoms with Crippen molar-refractivity contribution in [2.75, 3.05) is 23.7 Å². The molecule has 0 fully saturated rings. The summed E-state index contributed by atoms with van der Waals surface area (Å²) in [5.74, 6) is 0.752. The number of nitrogens with one attached hydrogen (secondary N) is 2. The molecule has 0 spiro atoms. The number of imidazole rings is 1. The van der Waals surface area contributed by atoms with Gasteiger partial charge >= 0.3 is 0 Å². The SMILES string of the molecule is Cc1nc2ccc(S(=O)(=O)Nc3ccc(N(C)C)cc3)cc2[nH]1. The lowest BCUT2D eigenvalue weighted by atomic mass is 10.3. The van der Waals surface area contributed by atoms with E-state index in [1.165, 1.54) is 0 Å². The lowest BCUT2D eigenvalue weighted by molar-refractivity contribution is 0.601. The Morgan fingerprint density at radius 3 is 2.43 bits per heavy atom. The summed E-state index contributed by atoms with van der Waals surface area (Å²) in [6.07, 6.45) is 0. The van der Waals surface area contributed by atoms with Gasteiger partial charge in [-0.05, 0) is 49.4 Å². The molecule has 2 aromatic carbocycles. The minimum absolute atomic E-state index is 0.199. The van der Waals surface area contributed by atoms with Crippen molar-refractivity contribution in [3.63, 3.8) is 0 Å². The molecular weight excluding hydrogens is 312 g/mol. The normalized spacial score (nSPS) is 11.6. The van der Waals surface area contributed by atoms with E-state index in [9.17, 15) is 8.42 Å². The Morgan fingerprint density at radius 2 is 1.78 bits per heavy atom. The Hall–Kier alpha value is -2.54. The van der Waals surface area contributed by atoms with Gasteiger partial charge in [0.25, 0.3) is 10.0 Å². The van der Waals surface area contributed by atoms with Crippen molar-refractivity contribution >= 4 is 32.4 Å². The Bertz CT molecular complexity index is 944. The number of hydrogen-bond acceptors (Lipinski definition) is 4. The summed E-state index contributed by atoms with van der Waals surface area (Å²) in [6.45, 7) is 1.83. The molecule has 3 aromatic rings. The maximum absolute atomic E-state index is 12.5. The Morgan fingerprint density at radius 1 is 1.09 bits per heavy atom. The second-order valence-electron chi connectivity index (χ2n) is 5.55. The molecule has 120 valence electrons. The Labute approximate surface area is 135 Å². The van der Waals surface area contributed by atoms with Gasteiger partial charge in [0.1, 0.15) is 5.82 Å². The summed E-state index contributed by atoms with van der Waals surface area (Å²) in [6, 6.07) is 12.0. The van der Waals surface area contributed by atoms with E-state index in [0.29, 0.717) is 11.2 Å². The zero-order valence-electron chi connectivity index (χ0n) is 13.2. The smallest absolute Gasteiger partial charge is 0.261 e. The minimum Gasteiger partial charge on any atom is -0.378 e. The van der Waals surface area contributed by atoms with E-state index in [4.69, 9.17) is 0 Å². The number of rotatable bonds is 4. The summed E-state index contributed by atoms with van der Waals surface area (Å²) in [4.78, 5) is 9.47. The van der Waals surface area contributed by atoms with Crippen molar-refractivity contribution < 1.29 is 8.42 Å². The third-order valence-corrected chi connectivity index (χ3v) is 4.90. The number of aromatic amines is 1. The van der Waals surface area contributed by atoms with Gasteiger partial charge in [0.2, 0.25) is 0 Å². The van der Waals surface area contributed by atoms with Gasteiger partial charge in [-0.3, -0.25) is 4.72 Å². The molecule has 0 radical (unpaired) electrons.